The molecule has 0 unspecified atom stereocenters. The van der Waals surface area contributed by atoms with Crippen molar-refractivity contribution in [1.82, 2.24) is 24.8 Å². The van der Waals surface area contributed by atoms with Crippen molar-refractivity contribution in [2.45, 2.75) is 43.8 Å². The van der Waals surface area contributed by atoms with Crippen molar-refractivity contribution in [3.8, 4) is 0 Å². The Kier molecular flexibility index (Phi) is 3.97. The van der Waals surface area contributed by atoms with Crippen LogP contribution in [0, 0.1) is 0 Å². The molecule has 0 amide bonds. The van der Waals surface area contributed by atoms with Gasteiger partial charge in [0.25, 0.3) is 0 Å². The molecular weight excluding hydrogens is 377 g/mol. The molecule has 2 aliphatic rings. The number of nitrogens with one attached hydrogen (secondary N) is 2. The number of aromatic nitrogens is 5. The van der Waals surface area contributed by atoms with Crippen molar-refractivity contribution < 1.29 is 13.9 Å². The molecule has 0 bridgehead atoms. The van der Waals surface area contributed by atoms with Gasteiger partial charge >= 0.3 is 5.97 Å². The van der Waals surface area contributed by atoms with Gasteiger partial charge < -0.3 is 15.0 Å². The Balaban J connectivity index is 1.50. The van der Waals surface area contributed by atoms with Crippen molar-refractivity contribution in [2.75, 3.05) is 23.9 Å². The van der Waals surface area contributed by atoms with Crippen LogP contribution in [0.4, 0.5) is 22.0 Å². The Hall–Kier alpha value is -3.17. The summed E-state index contributed by atoms with van der Waals surface area (Å²) in [6.07, 6.45) is 2.98. The standard InChI is InChI=1S/C19H22FN7O2/c1-19(5-6-19)14-9-15(24-23-14)21-16-12-4-3-7-27(12)25-18(22-16)26-10-11(20)8-13(26)17(28)29-2/h3-4,7,9,11,13H,5-6,8,10H2,1-2H3,(H2,21,22,23,24,25)/t11-,13+/m1/s1. The average Bonchev–Trinajstić information content (AvgIpc) is 3.14. The maximum absolute atomic E-state index is 14.1. The summed E-state index contributed by atoms with van der Waals surface area (Å²) in [5, 5.41) is 15.1. The number of rotatable bonds is 5. The second-order valence-corrected chi connectivity index (χ2v) is 7.98. The van der Waals surface area contributed by atoms with Gasteiger partial charge in [-0.05, 0) is 25.0 Å². The predicted molar refractivity (Wildman–Crippen MR) is 104 cm³/mol. The van der Waals surface area contributed by atoms with Gasteiger partial charge in [-0.25, -0.2) is 13.7 Å². The number of esters is 1. The molecule has 9 nitrogen and oxygen atoms in total. The van der Waals surface area contributed by atoms with Gasteiger partial charge in [0.15, 0.2) is 11.6 Å². The smallest absolute Gasteiger partial charge is 0.328 e. The highest BCUT2D eigenvalue weighted by Crippen LogP contribution is 2.47. The van der Waals surface area contributed by atoms with E-state index in [2.05, 4.69) is 32.5 Å². The van der Waals surface area contributed by atoms with E-state index in [0.29, 0.717) is 11.6 Å². The summed E-state index contributed by atoms with van der Waals surface area (Å²) >= 11 is 0. The molecule has 1 aliphatic heterocycles. The molecule has 0 radical (unpaired) electrons. The third-order valence-electron chi connectivity index (χ3n) is 5.83. The summed E-state index contributed by atoms with van der Waals surface area (Å²) in [5.41, 5.74) is 2.01. The lowest BCUT2D eigenvalue weighted by Crippen LogP contribution is -2.38. The van der Waals surface area contributed by atoms with E-state index in [9.17, 15) is 9.18 Å². The first-order valence-corrected chi connectivity index (χ1v) is 9.64. The molecular formula is C19H22FN7O2. The number of alkyl halides is 1. The summed E-state index contributed by atoms with van der Waals surface area (Å²) in [6.45, 7) is 2.24. The van der Waals surface area contributed by atoms with Crippen LogP contribution < -0.4 is 10.2 Å². The number of nitrogens with zero attached hydrogens (tertiary/aromatic N) is 5. The van der Waals surface area contributed by atoms with Crippen molar-refractivity contribution in [3.63, 3.8) is 0 Å². The highest BCUT2D eigenvalue weighted by atomic mass is 19.1. The zero-order valence-corrected chi connectivity index (χ0v) is 16.2. The zero-order valence-electron chi connectivity index (χ0n) is 16.2. The van der Waals surface area contributed by atoms with Crippen LogP contribution in [0.1, 0.15) is 31.9 Å². The van der Waals surface area contributed by atoms with E-state index < -0.39 is 18.2 Å². The van der Waals surface area contributed by atoms with E-state index in [-0.39, 0.29) is 24.3 Å². The highest BCUT2D eigenvalue weighted by molar-refractivity contribution is 5.81. The monoisotopic (exact) mass is 399 g/mol. The highest BCUT2D eigenvalue weighted by Gasteiger charge is 2.41. The van der Waals surface area contributed by atoms with Gasteiger partial charge in [-0.15, -0.1) is 5.10 Å². The molecule has 2 fully saturated rings. The molecule has 0 aromatic carbocycles. The van der Waals surface area contributed by atoms with Gasteiger partial charge in [0.2, 0.25) is 5.95 Å². The lowest BCUT2D eigenvalue weighted by molar-refractivity contribution is -0.142. The molecule has 0 spiro atoms. The Morgan fingerprint density at radius 3 is 3.03 bits per heavy atom. The molecule has 152 valence electrons. The maximum atomic E-state index is 14.1. The van der Waals surface area contributed by atoms with E-state index >= 15 is 0 Å². The number of fused-ring (bicyclic) bond motifs is 1. The SMILES string of the molecule is COC(=O)[C@@H]1C[C@@H](F)CN1c1nc(Nc2cc(C3(C)CC3)[nH]n2)c2cccn2n1. The second kappa shape index (κ2) is 6.43. The zero-order chi connectivity index (χ0) is 20.2. The molecule has 2 N–H and O–H groups in total. The lowest BCUT2D eigenvalue weighted by atomic mass is 10.1. The van der Waals surface area contributed by atoms with E-state index in [1.165, 1.54) is 7.11 Å². The molecule has 29 heavy (non-hydrogen) atoms. The Morgan fingerprint density at radius 1 is 1.45 bits per heavy atom. The van der Waals surface area contributed by atoms with Crippen molar-refractivity contribution in [1.29, 1.82) is 0 Å². The minimum Gasteiger partial charge on any atom is -0.467 e. The first kappa shape index (κ1) is 17.9. The van der Waals surface area contributed by atoms with E-state index in [0.717, 1.165) is 24.1 Å². The van der Waals surface area contributed by atoms with Crippen LogP contribution in [-0.2, 0) is 14.9 Å². The maximum Gasteiger partial charge on any atom is 0.328 e. The van der Waals surface area contributed by atoms with Crippen molar-refractivity contribution in [3.05, 3.63) is 30.1 Å². The third kappa shape index (κ3) is 3.08. The first-order valence-electron chi connectivity index (χ1n) is 9.64. The topological polar surface area (TPSA) is 100 Å². The van der Waals surface area contributed by atoms with Gasteiger partial charge in [-0.3, -0.25) is 5.10 Å². The molecule has 3 aromatic rings. The Morgan fingerprint density at radius 2 is 2.28 bits per heavy atom. The number of methoxy groups -OCH3 is 1. The van der Waals surface area contributed by atoms with Crippen LogP contribution in [0.5, 0.6) is 0 Å². The van der Waals surface area contributed by atoms with Gasteiger partial charge in [-0.2, -0.15) is 10.1 Å². The average molecular weight is 399 g/mol. The van der Waals surface area contributed by atoms with E-state index in [1.807, 2.05) is 18.2 Å². The normalized spacial score (nSPS) is 22.8. The Bertz CT molecular complexity index is 1070. The molecule has 3 aromatic heterocycles. The number of hydrogen-bond acceptors (Lipinski definition) is 7. The molecule has 4 heterocycles. The quantitative estimate of drug-likeness (QED) is 0.635. The number of halogens is 1. The number of anilines is 3. The van der Waals surface area contributed by atoms with Crippen LogP contribution in [0.3, 0.4) is 0 Å². The molecule has 5 rings (SSSR count). The summed E-state index contributed by atoms with van der Waals surface area (Å²) in [6, 6.07) is 4.96. The molecule has 1 saturated heterocycles. The summed E-state index contributed by atoms with van der Waals surface area (Å²) in [7, 11) is 1.30. The fourth-order valence-electron chi connectivity index (χ4n) is 3.77. The van der Waals surface area contributed by atoms with Gasteiger partial charge in [-0.1, -0.05) is 6.92 Å². The number of aromatic amines is 1. The summed E-state index contributed by atoms with van der Waals surface area (Å²) < 4.78 is 20.6. The Labute approximate surface area is 166 Å². The van der Waals surface area contributed by atoms with Crippen LogP contribution >= 0.6 is 0 Å². The van der Waals surface area contributed by atoms with Gasteiger partial charge in [0.05, 0.1) is 13.7 Å². The van der Waals surface area contributed by atoms with Crippen LogP contribution in [0.2, 0.25) is 0 Å². The number of carbonyl (C=O) groups is 1. The summed E-state index contributed by atoms with van der Waals surface area (Å²) in [4.78, 5) is 18.3. The van der Waals surface area contributed by atoms with Gasteiger partial charge in [0, 0.05) is 29.8 Å². The van der Waals surface area contributed by atoms with Crippen LogP contribution in [-0.4, -0.2) is 56.6 Å². The predicted octanol–water partition coefficient (Wildman–Crippen LogP) is 2.34. The number of carbonyl (C=O) groups excluding carboxylic acids is 1. The number of ether oxygens (including phenoxy) is 1. The lowest BCUT2D eigenvalue weighted by Gasteiger charge is -2.22. The van der Waals surface area contributed by atoms with Crippen molar-refractivity contribution >= 4 is 29.1 Å². The minimum atomic E-state index is -1.15. The van der Waals surface area contributed by atoms with E-state index in [1.54, 1.807) is 15.6 Å². The number of hydrogen-bond donors (Lipinski definition) is 2. The fourth-order valence-corrected chi connectivity index (χ4v) is 3.77. The molecule has 10 heteroatoms. The molecule has 2 atom stereocenters. The van der Waals surface area contributed by atoms with Crippen molar-refractivity contribution in [2.24, 2.45) is 0 Å². The van der Waals surface area contributed by atoms with Crippen LogP contribution in [0.15, 0.2) is 24.4 Å². The van der Waals surface area contributed by atoms with E-state index in [4.69, 9.17) is 4.74 Å². The number of H-pyrrole nitrogens is 1. The van der Waals surface area contributed by atoms with Gasteiger partial charge in [0.1, 0.15) is 17.7 Å². The molecule has 1 saturated carbocycles. The first-order chi connectivity index (χ1) is 14.0. The second-order valence-electron chi connectivity index (χ2n) is 7.98. The third-order valence-corrected chi connectivity index (χ3v) is 5.83. The molecule has 1 aliphatic carbocycles. The van der Waals surface area contributed by atoms with Crippen LogP contribution in [0.25, 0.3) is 5.52 Å². The summed E-state index contributed by atoms with van der Waals surface area (Å²) in [5.74, 6) is 0.947. The fraction of sp³-hybridized carbons (Fsp3) is 0.474. The largest absolute Gasteiger partial charge is 0.467 e. The minimum absolute atomic E-state index is 0.0386.